The summed E-state index contributed by atoms with van der Waals surface area (Å²) in [7, 11) is 0. The molecule has 3 aliphatic carbocycles. The summed E-state index contributed by atoms with van der Waals surface area (Å²) in [5, 5.41) is 0.613. The molecule has 4 aliphatic rings. The number of hydrogen-bond acceptors (Lipinski definition) is 5. The number of benzene rings is 1. The first kappa shape index (κ1) is 15.3. The molecule has 2 amide bonds. The summed E-state index contributed by atoms with van der Waals surface area (Å²) in [6.45, 7) is 0. The minimum atomic E-state index is -0.582. The van der Waals surface area contributed by atoms with Crippen LogP contribution in [0.1, 0.15) is 45.5 Å². The Labute approximate surface area is 149 Å². The molecule has 0 N–H and O–H groups in total. The highest BCUT2D eigenvalue weighted by atomic mass is 16.7. The first-order valence-corrected chi connectivity index (χ1v) is 8.72. The van der Waals surface area contributed by atoms with Crippen molar-refractivity contribution in [3.8, 4) is 0 Å². The lowest BCUT2D eigenvalue weighted by Crippen LogP contribution is -2.51. The second kappa shape index (κ2) is 5.24. The van der Waals surface area contributed by atoms with Crippen molar-refractivity contribution in [1.29, 1.82) is 0 Å². The first-order chi connectivity index (χ1) is 12.6. The van der Waals surface area contributed by atoms with Gasteiger partial charge in [0.15, 0.2) is 0 Å². The Hall–Kier alpha value is -3.02. The Morgan fingerprint density at radius 1 is 1.12 bits per heavy atom. The summed E-state index contributed by atoms with van der Waals surface area (Å²) in [6.07, 6.45) is 6.25. The quantitative estimate of drug-likeness (QED) is 0.797. The van der Waals surface area contributed by atoms with Gasteiger partial charge in [0, 0.05) is 17.8 Å². The third kappa shape index (κ3) is 1.87. The molecule has 1 aromatic heterocycles. The van der Waals surface area contributed by atoms with Crippen molar-refractivity contribution in [2.75, 3.05) is 0 Å². The third-order valence-electron chi connectivity index (χ3n) is 6.08. The van der Waals surface area contributed by atoms with Crippen molar-refractivity contribution >= 4 is 17.8 Å². The molecule has 0 saturated heterocycles. The van der Waals surface area contributed by atoms with E-state index in [4.69, 9.17) is 4.84 Å². The van der Waals surface area contributed by atoms with Gasteiger partial charge in [-0.15, -0.1) is 0 Å². The van der Waals surface area contributed by atoms with Crippen LogP contribution < -0.4 is 0 Å². The zero-order valence-corrected chi connectivity index (χ0v) is 13.9. The number of hydrogen-bond donors (Lipinski definition) is 0. The van der Waals surface area contributed by atoms with Crippen LogP contribution in [0.25, 0.3) is 0 Å². The monoisotopic (exact) mass is 348 g/mol. The van der Waals surface area contributed by atoms with Crippen LogP contribution in [-0.2, 0) is 15.0 Å². The number of fused-ring (bicyclic) bond motifs is 2. The molecule has 0 spiro atoms. The number of pyridine rings is 1. The summed E-state index contributed by atoms with van der Waals surface area (Å²) < 4.78 is 0. The number of carbonyl (C=O) groups is 3. The lowest BCUT2D eigenvalue weighted by atomic mass is 9.57. The van der Waals surface area contributed by atoms with Crippen molar-refractivity contribution in [2.24, 2.45) is 11.8 Å². The molecule has 2 heterocycles. The van der Waals surface area contributed by atoms with E-state index in [9.17, 15) is 14.4 Å². The largest absolute Gasteiger partial charge is 0.337 e. The number of aromatic nitrogens is 1. The minimum Gasteiger partial charge on any atom is -0.329 e. The van der Waals surface area contributed by atoms with Gasteiger partial charge in [0.25, 0.3) is 11.8 Å². The van der Waals surface area contributed by atoms with Gasteiger partial charge >= 0.3 is 5.97 Å². The zero-order chi connectivity index (χ0) is 17.9. The van der Waals surface area contributed by atoms with E-state index in [2.05, 4.69) is 4.98 Å². The molecule has 3 unspecified atom stereocenters. The van der Waals surface area contributed by atoms with Gasteiger partial charge < -0.3 is 4.84 Å². The van der Waals surface area contributed by atoms with E-state index in [1.165, 1.54) is 0 Å². The predicted octanol–water partition coefficient (Wildman–Crippen LogP) is 2.50. The molecular weight excluding hydrogens is 332 g/mol. The molecular formula is C20H16N2O4. The molecule has 2 aromatic rings. The average Bonchev–Trinajstić information content (AvgIpc) is 3.32. The van der Waals surface area contributed by atoms with Gasteiger partial charge in [0.2, 0.25) is 0 Å². The van der Waals surface area contributed by atoms with Gasteiger partial charge in [-0.1, -0.05) is 23.3 Å². The van der Waals surface area contributed by atoms with Crippen LogP contribution in [0, 0.1) is 11.8 Å². The van der Waals surface area contributed by atoms with Crippen molar-refractivity contribution in [3.05, 3.63) is 65.5 Å². The van der Waals surface area contributed by atoms with Crippen LogP contribution >= 0.6 is 0 Å². The zero-order valence-electron chi connectivity index (χ0n) is 13.9. The fourth-order valence-electron chi connectivity index (χ4n) is 4.89. The fraction of sp³-hybridized carbons (Fsp3) is 0.300. The van der Waals surface area contributed by atoms with Gasteiger partial charge in [0.1, 0.15) is 0 Å². The Morgan fingerprint density at radius 2 is 1.85 bits per heavy atom. The minimum absolute atomic E-state index is 0.234. The summed E-state index contributed by atoms with van der Waals surface area (Å²) in [4.78, 5) is 47.2. The highest BCUT2D eigenvalue weighted by molar-refractivity contribution is 6.20. The molecule has 1 aliphatic heterocycles. The van der Waals surface area contributed by atoms with E-state index in [-0.39, 0.29) is 28.4 Å². The van der Waals surface area contributed by atoms with Crippen LogP contribution in [0.5, 0.6) is 0 Å². The second-order valence-corrected chi connectivity index (χ2v) is 7.24. The maximum atomic E-state index is 12.9. The number of rotatable bonds is 3. The van der Waals surface area contributed by atoms with Crippen LogP contribution in [0.3, 0.4) is 0 Å². The van der Waals surface area contributed by atoms with Crippen LogP contribution in [0.4, 0.5) is 0 Å². The van der Waals surface area contributed by atoms with E-state index in [1.54, 1.807) is 36.7 Å². The molecule has 6 rings (SSSR count). The molecule has 6 nitrogen and oxygen atoms in total. The van der Waals surface area contributed by atoms with Gasteiger partial charge in [-0.3, -0.25) is 14.6 Å². The van der Waals surface area contributed by atoms with E-state index >= 15 is 0 Å². The van der Waals surface area contributed by atoms with E-state index in [1.807, 2.05) is 12.1 Å². The Balaban J connectivity index is 1.41. The lowest BCUT2D eigenvalue weighted by molar-refractivity contribution is -0.182. The first-order valence-electron chi connectivity index (χ1n) is 8.72. The molecule has 0 radical (unpaired) electrons. The number of amides is 2. The highest BCUT2D eigenvalue weighted by Crippen LogP contribution is 2.64. The van der Waals surface area contributed by atoms with E-state index in [0.717, 1.165) is 24.8 Å². The Morgan fingerprint density at radius 3 is 2.46 bits per heavy atom. The molecule has 26 heavy (non-hydrogen) atoms. The Bertz CT molecular complexity index is 903. The van der Waals surface area contributed by atoms with Crippen LogP contribution in [-0.4, -0.2) is 27.8 Å². The molecule has 2 bridgehead atoms. The smallest absolute Gasteiger partial charge is 0.329 e. The van der Waals surface area contributed by atoms with Gasteiger partial charge in [-0.25, -0.2) is 4.79 Å². The van der Waals surface area contributed by atoms with Crippen LogP contribution in [0.15, 0.2) is 48.8 Å². The normalized spacial score (nSPS) is 28.7. The maximum Gasteiger partial charge on any atom is 0.337 e. The third-order valence-corrected chi connectivity index (χ3v) is 6.08. The number of nitrogens with zero attached hydrogens (tertiary/aromatic N) is 2. The standard InChI is InChI=1S/C20H16N2O4/c23-17-14-5-1-2-6-15(14)18(24)22(17)26-19(25)16-12-7-8-20(16,10-12)13-4-3-9-21-11-13/h1-6,9,11-12,16H,7-8,10H2. The number of imide groups is 1. The number of carbonyl (C=O) groups excluding carboxylic acids is 3. The lowest BCUT2D eigenvalue weighted by Gasteiger charge is -2.46. The molecule has 3 atom stereocenters. The van der Waals surface area contributed by atoms with Crippen molar-refractivity contribution in [1.82, 2.24) is 10.0 Å². The summed E-state index contributed by atoms with van der Waals surface area (Å²) >= 11 is 0. The number of hydroxylamine groups is 2. The van der Waals surface area contributed by atoms with Gasteiger partial charge in [0.05, 0.1) is 17.0 Å². The molecule has 3 fully saturated rings. The maximum absolute atomic E-state index is 12.9. The fourth-order valence-corrected chi connectivity index (χ4v) is 4.89. The van der Waals surface area contributed by atoms with E-state index < -0.39 is 17.8 Å². The van der Waals surface area contributed by atoms with Crippen molar-refractivity contribution < 1.29 is 19.2 Å². The average molecular weight is 348 g/mol. The molecule has 6 heteroatoms. The highest BCUT2D eigenvalue weighted by Gasteiger charge is 2.64. The summed E-state index contributed by atoms with van der Waals surface area (Å²) in [5.74, 6) is -1.77. The Kier molecular flexibility index (Phi) is 3.07. The molecule has 130 valence electrons. The van der Waals surface area contributed by atoms with E-state index in [0.29, 0.717) is 5.06 Å². The molecule has 1 aromatic carbocycles. The van der Waals surface area contributed by atoms with Gasteiger partial charge in [-0.05, 0) is 48.9 Å². The SMILES string of the molecule is O=C(ON1C(=O)c2ccccc2C1=O)C1C2CCC1(c1cccnc1)C2. The predicted molar refractivity (Wildman–Crippen MR) is 89.8 cm³/mol. The molecule has 3 saturated carbocycles. The second-order valence-electron chi connectivity index (χ2n) is 7.24. The topological polar surface area (TPSA) is 76.6 Å². The summed E-state index contributed by atoms with van der Waals surface area (Å²) in [6, 6.07) is 10.3. The van der Waals surface area contributed by atoms with Crippen molar-refractivity contribution in [2.45, 2.75) is 24.7 Å². The van der Waals surface area contributed by atoms with Crippen molar-refractivity contribution in [3.63, 3.8) is 0 Å². The summed E-state index contributed by atoms with van der Waals surface area (Å²) in [5.41, 5.74) is 1.28. The van der Waals surface area contributed by atoms with Gasteiger partial charge in [-0.2, -0.15) is 0 Å². The van der Waals surface area contributed by atoms with Crippen LogP contribution in [0.2, 0.25) is 0 Å².